The van der Waals surface area contributed by atoms with E-state index in [2.05, 4.69) is 0 Å². The summed E-state index contributed by atoms with van der Waals surface area (Å²) >= 11 is 0. The van der Waals surface area contributed by atoms with Crippen LogP contribution in [0.25, 0.3) is 0 Å². The van der Waals surface area contributed by atoms with Gasteiger partial charge in [-0.1, -0.05) is 12.1 Å². The van der Waals surface area contributed by atoms with Crippen LogP contribution in [0, 0.1) is 6.92 Å². The quantitative estimate of drug-likeness (QED) is 0.653. The normalized spacial score (nSPS) is 16.3. The monoisotopic (exact) mass is 206 g/mol. The van der Waals surface area contributed by atoms with Crippen molar-refractivity contribution in [1.82, 2.24) is 4.90 Å². The third kappa shape index (κ3) is 1.68. The number of anilines is 1. The highest BCUT2D eigenvalue weighted by molar-refractivity contribution is 6.00. The lowest BCUT2D eigenvalue weighted by molar-refractivity contribution is 0.00596. The van der Waals surface area contributed by atoms with Crippen molar-refractivity contribution in [2.75, 3.05) is 18.8 Å². The van der Waals surface area contributed by atoms with Crippen molar-refractivity contribution in [3.05, 3.63) is 29.3 Å². The van der Waals surface area contributed by atoms with Gasteiger partial charge in [0.25, 0.3) is 5.91 Å². The second kappa shape index (κ2) is 3.55. The first-order valence-corrected chi connectivity index (χ1v) is 4.92. The van der Waals surface area contributed by atoms with Crippen molar-refractivity contribution in [2.24, 2.45) is 0 Å². The fraction of sp³-hybridized carbons (Fsp3) is 0.364. The van der Waals surface area contributed by atoms with E-state index < -0.39 is 0 Å². The van der Waals surface area contributed by atoms with E-state index in [4.69, 9.17) is 10.8 Å². The zero-order valence-electron chi connectivity index (χ0n) is 8.60. The van der Waals surface area contributed by atoms with Gasteiger partial charge >= 0.3 is 0 Å². The van der Waals surface area contributed by atoms with Gasteiger partial charge in [-0.3, -0.25) is 4.79 Å². The van der Waals surface area contributed by atoms with Crippen LogP contribution in [0.1, 0.15) is 15.9 Å². The Kier molecular flexibility index (Phi) is 2.36. The average molecular weight is 206 g/mol. The first-order valence-electron chi connectivity index (χ1n) is 4.92. The van der Waals surface area contributed by atoms with Crippen molar-refractivity contribution < 1.29 is 9.90 Å². The molecule has 80 valence electrons. The number of aryl methyl sites for hydroxylation is 1. The molecule has 2 rings (SSSR count). The van der Waals surface area contributed by atoms with Crippen LogP contribution in [-0.2, 0) is 0 Å². The zero-order valence-corrected chi connectivity index (χ0v) is 8.60. The van der Waals surface area contributed by atoms with Gasteiger partial charge in [-0.05, 0) is 18.6 Å². The number of nitrogens with two attached hydrogens (primary N) is 1. The second-order valence-corrected chi connectivity index (χ2v) is 3.90. The molecule has 0 aromatic heterocycles. The first kappa shape index (κ1) is 9.98. The molecule has 3 N–H and O–H groups in total. The summed E-state index contributed by atoms with van der Waals surface area (Å²) in [7, 11) is 0. The van der Waals surface area contributed by atoms with Gasteiger partial charge in [-0.15, -0.1) is 0 Å². The molecule has 0 bridgehead atoms. The number of nitrogen functional groups attached to an aromatic ring is 1. The van der Waals surface area contributed by atoms with E-state index in [1.54, 1.807) is 11.0 Å². The van der Waals surface area contributed by atoms with Crippen LogP contribution >= 0.6 is 0 Å². The summed E-state index contributed by atoms with van der Waals surface area (Å²) in [6.45, 7) is 2.69. The molecular formula is C11H14N2O2. The summed E-state index contributed by atoms with van der Waals surface area (Å²) in [6.07, 6.45) is -0.375. The number of hydrogen-bond acceptors (Lipinski definition) is 3. The Labute approximate surface area is 88.3 Å². The van der Waals surface area contributed by atoms with E-state index in [9.17, 15) is 4.79 Å². The van der Waals surface area contributed by atoms with Gasteiger partial charge in [-0.2, -0.15) is 0 Å². The Hall–Kier alpha value is -1.55. The Morgan fingerprint density at radius 2 is 2.20 bits per heavy atom. The molecule has 15 heavy (non-hydrogen) atoms. The minimum atomic E-state index is -0.375. The number of hydrogen-bond donors (Lipinski definition) is 2. The summed E-state index contributed by atoms with van der Waals surface area (Å²) in [5.41, 5.74) is 7.79. The largest absolute Gasteiger partial charge is 0.398 e. The summed E-state index contributed by atoms with van der Waals surface area (Å²) in [5, 5.41) is 9.11. The number of carbonyl (C=O) groups excluding carboxylic acids is 1. The maximum Gasteiger partial charge on any atom is 0.256 e. The number of para-hydroxylation sites is 1. The van der Waals surface area contributed by atoms with Crippen molar-refractivity contribution in [3.63, 3.8) is 0 Å². The summed E-state index contributed by atoms with van der Waals surface area (Å²) in [4.78, 5) is 13.5. The summed E-state index contributed by atoms with van der Waals surface area (Å²) in [5.74, 6) is -0.0958. The van der Waals surface area contributed by atoms with Gasteiger partial charge in [-0.25, -0.2) is 0 Å². The van der Waals surface area contributed by atoms with Gasteiger partial charge in [0.15, 0.2) is 0 Å². The highest BCUT2D eigenvalue weighted by Crippen LogP contribution is 2.20. The molecule has 0 aliphatic carbocycles. The predicted octanol–water partition coefficient (Wildman–Crippen LogP) is 0.394. The third-order valence-electron chi connectivity index (χ3n) is 2.70. The van der Waals surface area contributed by atoms with Gasteiger partial charge in [0.1, 0.15) is 0 Å². The summed E-state index contributed by atoms with van der Waals surface area (Å²) < 4.78 is 0. The molecule has 1 amide bonds. The van der Waals surface area contributed by atoms with E-state index in [1.165, 1.54) is 0 Å². The molecule has 0 unspecified atom stereocenters. The van der Waals surface area contributed by atoms with Crippen molar-refractivity contribution in [2.45, 2.75) is 13.0 Å². The molecule has 1 fully saturated rings. The molecule has 1 heterocycles. The number of β-amino-alcohol motifs (C(OH)–C–C–N with tert-alkyl or cyclic N) is 1. The standard InChI is InChI=1S/C11H14N2O2/c1-7-3-2-4-9(10(7)12)11(15)13-5-8(14)6-13/h2-4,8,14H,5-6,12H2,1H3. The van der Waals surface area contributed by atoms with Crippen LogP contribution < -0.4 is 5.73 Å². The van der Waals surface area contributed by atoms with E-state index in [-0.39, 0.29) is 12.0 Å². The van der Waals surface area contributed by atoms with Gasteiger partial charge in [0, 0.05) is 18.8 Å². The molecule has 0 radical (unpaired) electrons. The maximum atomic E-state index is 11.9. The van der Waals surface area contributed by atoms with Crippen LogP contribution in [-0.4, -0.2) is 35.1 Å². The van der Waals surface area contributed by atoms with Crippen LogP contribution in [0.2, 0.25) is 0 Å². The number of nitrogens with zero attached hydrogens (tertiary/aromatic N) is 1. The number of rotatable bonds is 1. The van der Waals surface area contributed by atoms with E-state index in [1.807, 2.05) is 19.1 Å². The van der Waals surface area contributed by atoms with Crippen LogP contribution in [0.3, 0.4) is 0 Å². The fourth-order valence-corrected chi connectivity index (χ4v) is 1.66. The molecule has 0 spiro atoms. The van der Waals surface area contributed by atoms with E-state index >= 15 is 0 Å². The number of benzene rings is 1. The average Bonchev–Trinajstić information content (AvgIpc) is 2.16. The van der Waals surface area contributed by atoms with Crippen molar-refractivity contribution in [3.8, 4) is 0 Å². The maximum absolute atomic E-state index is 11.9. The molecule has 1 aromatic carbocycles. The molecule has 1 saturated heterocycles. The highest BCUT2D eigenvalue weighted by Gasteiger charge is 2.30. The van der Waals surface area contributed by atoms with Crippen LogP contribution in [0.5, 0.6) is 0 Å². The molecule has 1 aliphatic rings. The van der Waals surface area contributed by atoms with E-state index in [0.717, 1.165) is 5.56 Å². The SMILES string of the molecule is Cc1cccc(C(=O)N2CC(O)C2)c1N. The number of likely N-dealkylation sites (tertiary alicyclic amines) is 1. The minimum absolute atomic E-state index is 0.0958. The lowest BCUT2D eigenvalue weighted by Crippen LogP contribution is -2.53. The molecule has 1 aliphatic heterocycles. The van der Waals surface area contributed by atoms with Crippen LogP contribution in [0.15, 0.2) is 18.2 Å². The summed E-state index contributed by atoms with van der Waals surface area (Å²) in [6, 6.07) is 5.40. The lowest BCUT2D eigenvalue weighted by atomic mass is 10.0. The highest BCUT2D eigenvalue weighted by atomic mass is 16.3. The molecule has 0 atom stereocenters. The molecule has 1 aromatic rings. The first-order chi connectivity index (χ1) is 7.09. The fourth-order valence-electron chi connectivity index (χ4n) is 1.66. The van der Waals surface area contributed by atoms with Gasteiger partial charge < -0.3 is 15.7 Å². The second-order valence-electron chi connectivity index (χ2n) is 3.90. The lowest BCUT2D eigenvalue weighted by Gasteiger charge is -2.36. The van der Waals surface area contributed by atoms with Crippen LogP contribution in [0.4, 0.5) is 5.69 Å². The Balaban J connectivity index is 2.22. The number of aliphatic hydroxyl groups is 1. The Morgan fingerprint density at radius 3 is 2.80 bits per heavy atom. The van der Waals surface area contributed by atoms with E-state index in [0.29, 0.717) is 24.3 Å². The smallest absolute Gasteiger partial charge is 0.256 e. The Morgan fingerprint density at radius 1 is 1.53 bits per heavy atom. The number of carbonyl (C=O) groups is 1. The van der Waals surface area contributed by atoms with Crippen molar-refractivity contribution >= 4 is 11.6 Å². The van der Waals surface area contributed by atoms with Gasteiger partial charge in [0.05, 0.1) is 11.7 Å². The Bertz CT molecular complexity index is 398. The molecule has 4 nitrogen and oxygen atoms in total. The number of amides is 1. The molecule has 0 saturated carbocycles. The molecular weight excluding hydrogens is 192 g/mol. The topological polar surface area (TPSA) is 66.6 Å². The zero-order chi connectivity index (χ0) is 11.0. The minimum Gasteiger partial charge on any atom is -0.398 e. The van der Waals surface area contributed by atoms with Gasteiger partial charge in [0.2, 0.25) is 0 Å². The van der Waals surface area contributed by atoms with Crippen molar-refractivity contribution in [1.29, 1.82) is 0 Å². The third-order valence-corrected chi connectivity index (χ3v) is 2.70. The molecule has 4 heteroatoms. The number of aliphatic hydroxyl groups excluding tert-OH is 1. The predicted molar refractivity (Wildman–Crippen MR) is 57.5 cm³/mol.